The minimum Gasteiger partial charge on any atom is -0.481 e. The van der Waals surface area contributed by atoms with E-state index >= 15 is 0 Å². The minimum absolute atomic E-state index is 0.0550. The molecule has 7 nitrogen and oxygen atoms in total. The Morgan fingerprint density at radius 1 is 1.33 bits per heavy atom. The molecule has 1 aromatic rings. The summed E-state index contributed by atoms with van der Waals surface area (Å²) in [6.45, 7) is 4.94. The fourth-order valence-corrected chi connectivity index (χ4v) is 2.33. The first kappa shape index (κ1) is 15.1. The van der Waals surface area contributed by atoms with Crippen molar-refractivity contribution in [3.63, 3.8) is 0 Å². The molecule has 0 atom stereocenters. The van der Waals surface area contributed by atoms with Crippen molar-refractivity contribution in [2.75, 3.05) is 37.6 Å². The van der Waals surface area contributed by atoms with E-state index in [4.69, 9.17) is 5.11 Å². The number of hydrogen-bond acceptors (Lipinski definition) is 4. The van der Waals surface area contributed by atoms with Crippen LogP contribution in [0.25, 0.3) is 0 Å². The van der Waals surface area contributed by atoms with E-state index in [9.17, 15) is 9.59 Å². The van der Waals surface area contributed by atoms with Gasteiger partial charge >= 0.3 is 12.0 Å². The smallest absolute Gasteiger partial charge is 0.317 e. The number of rotatable bonds is 4. The molecule has 1 aliphatic heterocycles. The molecule has 0 aromatic carbocycles. The summed E-state index contributed by atoms with van der Waals surface area (Å²) in [7, 11) is 0. The van der Waals surface area contributed by atoms with Gasteiger partial charge in [0.2, 0.25) is 0 Å². The van der Waals surface area contributed by atoms with Crippen LogP contribution in [0.2, 0.25) is 0 Å². The fourth-order valence-electron chi connectivity index (χ4n) is 2.33. The van der Waals surface area contributed by atoms with Crippen LogP contribution in [0.1, 0.15) is 12.0 Å². The van der Waals surface area contributed by atoms with Crippen molar-refractivity contribution in [3.05, 3.63) is 24.0 Å². The second kappa shape index (κ2) is 6.92. The maximum absolute atomic E-state index is 11.9. The van der Waals surface area contributed by atoms with E-state index in [1.165, 1.54) is 5.56 Å². The van der Waals surface area contributed by atoms with Gasteiger partial charge in [-0.05, 0) is 18.6 Å². The summed E-state index contributed by atoms with van der Waals surface area (Å²) in [6, 6.07) is 1.78. The SMILES string of the molecule is Cc1ccncc1N1CCN(C(=O)NCCC(=O)O)CC1. The van der Waals surface area contributed by atoms with E-state index in [1.807, 2.05) is 19.2 Å². The molecule has 21 heavy (non-hydrogen) atoms. The summed E-state index contributed by atoms with van der Waals surface area (Å²) in [6.07, 6.45) is 3.56. The van der Waals surface area contributed by atoms with E-state index in [0.717, 1.165) is 18.8 Å². The van der Waals surface area contributed by atoms with E-state index in [1.54, 1.807) is 11.1 Å². The molecule has 1 aliphatic rings. The number of nitrogens with one attached hydrogen (secondary N) is 1. The van der Waals surface area contributed by atoms with Crippen LogP contribution in [0.5, 0.6) is 0 Å². The Kier molecular flexibility index (Phi) is 4.97. The normalized spacial score (nSPS) is 14.9. The zero-order chi connectivity index (χ0) is 15.2. The van der Waals surface area contributed by atoms with Crippen LogP contribution in [-0.2, 0) is 4.79 Å². The van der Waals surface area contributed by atoms with Crippen molar-refractivity contribution < 1.29 is 14.7 Å². The molecule has 0 aliphatic carbocycles. The van der Waals surface area contributed by atoms with Crippen LogP contribution < -0.4 is 10.2 Å². The molecule has 7 heteroatoms. The highest BCUT2D eigenvalue weighted by molar-refractivity contribution is 5.75. The van der Waals surface area contributed by atoms with E-state index in [-0.39, 0.29) is 19.0 Å². The number of anilines is 1. The lowest BCUT2D eigenvalue weighted by molar-refractivity contribution is -0.136. The number of aliphatic carboxylic acids is 1. The molecule has 2 rings (SSSR count). The topological polar surface area (TPSA) is 85.8 Å². The highest BCUT2D eigenvalue weighted by Crippen LogP contribution is 2.19. The van der Waals surface area contributed by atoms with Gasteiger partial charge in [-0.1, -0.05) is 0 Å². The molecule has 114 valence electrons. The largest absolute Gasteiger partial charge is 0.481 e. The zero-order valence-corrected chi connectivity index (χ0v) is 12.1. The van der Waals surface area contributed by atoms with Gasteiger partial charge in [0.25, 0.3) is 0 Å². The van der Waals surface area contributed by atoms with Gasteiger partial charge in [0.1, 0.15) is 0 Å². The second-order valence-electron chi connectivity index (χ2n) is 5.01. The number of nitrogens with zero attached hydrogens (tertiary/aromatic N) is 3. The van der Waals surface area contributed by atoms with Crippen molar-refractivity contribution >= 4 is 17.7 Å². The number of carbonyl (C=O) groups is 2. The summed E-state index contributed by atoms with van der Waals surface area (Å²) in [5, 5.41) is 11.2. The first-order chi connectivity index (χ1) is 10.1. The second-order valence-corrected chi connectivity index (χ2v) is 5.01. The lowest BCUT2D eigenvalue weighted by atomic mass is 10.2. The quantitative estimate of drug-likeness (QED) is 0.853. The summed E-state index contributed by atoms with van der Waals surface area (Å²) in [4.78, 5) is 30.4. The number of hydrogen-bond donors (Lipinski definition) is 2. The van der Waals surface area contributed by atoms with Crippen LogP contribution in [-0.4, -0.2) is 59.7 Å². The molecule has 1 fully saturated rings. The molecule has 2 heterocycles. The maximum atomic E-state index is 11.9. The van der Waals surface area contributed by atoms with Gasteiger partial charge in [-0.2, -0.15) is 0 Å². The van der Waals surface area contributed by atoms with Gasteiger partial charge in [0.05, 0.1) is 18.3 Å². The number of amides is 2. The predicted octanol–water partition coefficient (Wildman–Crippen LogP) is 0.696. The molecular formula is C14H20N4O3. The average Bonchev–Trinajstić information content (AvgIpc) is 2.47. The predicted molar refractivity (Wildman–Crippen MR) is 78.4 cm³/mol. The minimum atomic E-state index is -0.910. The van der Waals surface area contributed by atoms with Crippen LogP contribution in [0, 0.1) is 6.92 Å². The Morgan fingerprint density at radius 2 is 2.05 bits per heavy atom. The van der Waals surface area contributed by atoms with E-state index in [2.05, 4.69) is 15.2 Å². The van der Waals surface area contributed by atoms with E-state index < -0.39 is 5.97 Å². The Hall–Kier alpha value is -2.31. The van der Waals surface area contributed by atoms with Gasteiger partial charge in [-0.15, -0.1) is 0 Å². The van der Waals surface area contributed by atoms with Gasteiger partial charge in [0, 0.05) is 38.9 Å². The van der Waals surface area contributed by atoms with Crippen molar-refractivity contribution in [2.24, 2.45) is 0 Å². The molecule has 0 radical (unpaired) electrons. The Labute approximate surface area is 123 Å². The fraction of sp³-hybridized carbons (Fsp3) is 0.500. The standard InChI is InChI=1S/C14H20N4O3/c1-11-2-4-15-10-12(11)17-6-8-18(9-7-17)14(21)16-5-3-13(19)20/h2,4,10H,3,5-9H2,1H3,(H,16,21)(H,19,20). The average molecular weight is 292 g/mol. The molecule has 2 N–H and O–H groups in total. The van der Waals surface area contributed by atoms with Crippen molar-refractivity contribution in [3.8, 4) is 0 Å². The Bertz CT molecular complexity index is 513. The lowest BCUT2D eigenvalue weighted by Gasteiger charge is -2.36. The lowest BCUT2D eigenvalue weighted by Crippen LogP contribution is -2.52. The third-order valence-corrected chi connectivity index (χ3v) is 3.53. The summed E-state index contributed by atoms with van der Waals surface area (Å²) < 4.78 is 0. The molecule has 2 amide bonds. The zero-order valence-electron chi connectivity index (χ0n) is 12.1. The van der Waals surface area contributed by atoms with Crippen LogP contribution in [0.4, 0.5) is 10.5 Å². The van der Waals surface area contributed by atoms with Gasteiger partial charge in [-0.3, -0.25) is 9.78 Å². The first-order valence-electron chi connectivity index (χ1n) is 6.98. The number of carbonyl (C=O) groups excluding carboxylic acids is 1. The molecule has 1 aromatic heterocycles. The molecule has 0 spiro atoms. The monoisotopic (exact) mass is 292 g/mol. The van der Waals surface area contributed by atoms with Gasteiger partial charge in [0.15, 0.2) is 0 Å². The number of piperazine rings is 1. The van der Waals surface area contributed by atoms with Crippen molar-refractivity contribution in [1.29, 1.82) is 0 Å². The van der Waals surface area contributed by atoms with E-state index in [0.29, 0.717) is 13.1 Å². The van der Waals surface area contributed by atoms with Gasteiger partial charge < -0.3 is 20.2 Å². The number of carboxylic acids is 1. The maximum Gasteiger partial charge on any atom is 0.317 e. The molecule has 0 unspecified atom stereocenters. The number of aryl methyl sites for hydroxylation is 1. The number of pyridine rings is 1. The number of aromatic nitrogens is 1. The molecule has 0 bridgehead atoms. The van der Waals surface area contributed by atoms with Crippen molar-refractivity contribution in [1.82, 2.24) is 15.2 Å². The summed E-state index contributed by atoms with van der Waals surface area (Å²) in [5.74, 6) is -0.910. The van der Waals surface area contributed by atoms with Crippen LogP contribution in [0.3, 0.4) is 0 Å². The Balaban J connectivity index is 1.82. The highest BCUT2D eigenvalue weighted by atomic mass is 16.4. The third kappa shape index (κ3) is 4.08. The summed E-state index contributed by atoms with van der Waals surface area (Å²) in [5.41, 5.74) is 2.27. The first-order valence-corrected chi connectivity index (χ1v) is 6.98. The van der Waals surface area contributed by atoms with Crippen molar-refractivity contribution in [2.45, 2.75) is 13.3 Å². The Morgan fingerprint density at radius 3 is 2.67 bits per heavy atom. The third-order valence-electron chi connectivity index (χ3n) is 3.53. The summed E-state index contributed by atoms with van der Waals surface area (Å²) >= 11 is 0. The molecule has 1 saturated heterocycles. The van der Waals surface area contributed by atoms with Crippen LogP contribution in [0.15, 0.2) is 18.5 Å². The number of urea groups is 1. The highest BCUT2D eigenvalue weighted by Gasteiger charge is 2.21. The number of carboxylic acid groups (broad SMARTS) is 1. The van der Waals surface area contributed by atoms with Gasteiger partial charge in [-0.25, -0.2) is 4.79 Å². The molecular weight excluding hydrogens is 272 g/mol. The molecule has 0 saturated carbocycles. The van der Waals surface area contributed by atoms with Crippen LogP contribution >= 0.6 is 0 Å².